The van der Waals surface area contributed by atoms with Crippen molar-refractivity contribution >= 4 is 12.7 Å². The number of nitrogens with zero attached hydrogens (tertiary/aromatic N) is 4. The molecule has 4 nitrogen and oxygen atoms in total. The summed E-state index contributed by atoms with van der Waals surface area (Å²) in [6, 6.07) is 2.73. The van der Waals surface area contributed by atoms with Crippen molar-refractivity contribution in [3.63, 3.8) is 0 Å². The third-order valence-corrected chi connectivity index (χ3v) is 4.34. The zero-order valence-electron chi connectivity index (χ0n) is 21.4. The molecule has 0 heterocycles. The molecule has 0 aliphatic heterocycles. The Morgan fingerprint density at radius 1 is 0.586 bits per heavy atom. The summed E-state index contributed by atoms with van der Waals surface area (Å²) in [5.41, 5.74) is 0. The fourth-order valence-electron chi connectivity index (χ4n) is 2.92. The molecule has 0 rings (SSSR count). The van der Waals surface area contributed by atoms with Crippen molar-refractivity contribution in [2.24, 2.45) is 9.98 Å². The van der Waals surface area contributed by atoms with Gasteiger partial charge in [-0.1, -0.05) is 26.7 Å². The van der Waals surface area contributed by atoms with Gasteiger partial charge < -0.3 is 19.8 Å². The summed E-state index contributed by atoms with van der Waals surface area (Å²) in [6.07, 6.45) is 11.2. The Morgan fingerprint density at radius 2 is 0.862 bits per heavy atom. The van der Waals surface area contributed by atoms with Gasteiger partial charge in [0.25, 0.3) is 0 Å². The number of hydrogen-bond acceptors (Lipinski definition) is 2. The van der Waals surface area contributed by atoms with Gasteiger partial charge in [0.05, 0.1) is 0 Å². The maximum absolute atomic E-state index is 4.33. The standard InChI is InChI=1S/2C12H25N2.Fe/c2*1-7-8-12(6)14(11(4)5)9-13-10(2)3;/h2*10-12H,7-8H2,1-6H3;/q2*-1;+2. The van der Waals surface area contributed by atoms with Gasteiger partial charge in [0.2, 0.25) is 0 Å². The number of rotatable bonds is 12. The smallest absolute Gasteiger partial charge is 0.533 e. The average Bonchev–Trinajstić information content (AvgIpc) is 2.55. The first-order chi connectivity index (χ1) is 13.0. The van der Waals surface area contributed by atoms with E-state index in [0.717, 1.165) is 0 Å². The minimum atomic E-state index is 0. The van der Waals surface area contributed by atoms with Crippen LogP contribution in [0.25, 0.3) is 0 Å². The van der Waals surface area contributed by atoms with E-state index in [1.165, 1.54) is 25.7 Å². The maximum Gasteiger partial charge on any atom is 2.00 e. The SMILES string of the molecule is CCCC(C)N([C-]=NC(C)C)C(C)C.CCCC(C)N([C-]=NC(C)C)C(C)C.[Fe+2]. The van der Waals surface area contributed by atoms with Crippen LogP contribution >= 0.6 is 0 Å². The predicted molar refractivity (Wildman–Crippen MR) is 128 cm³/mol. The molecule has 5 heteroatoms. The zero-order chi connectivity index (χ0) is 22.3. The molecule has 0 aromatic heterocycles. The van der Waals surface area contributed by atoms with Crippen molar-refractivity contribution < 1.29 is 17.1 Å². The van der Waals surface area contributed by atoms with E-state index < -0.39 is 0 Å². The Bertz CT molecular complexity index is 368. The molecule has 0 spiro atoms. The zero-order valence-corrected chi connectivity index (χ0v) is 22.5. The van der Waals surface area contributed by atoms with Gasteiger partial charge in [-0.05, 0) is 106 Å². The fourth-order valence-corrected chi connectivity index (χ4v) is 2.92. The first-order valence-electron chi connectivity index (χ1n) is 11.4. The molecule has 0 amide bonds. The van der Waals surface area contributed by atoms with Crippen LogP contribution in [0.2, 0.25) is 0 Å². The van der Waals surface area contributed by atoms with E-state index in [1.807, 2.05) is 0 Å². The molecule has 174 valence electrons. The molecule has 0 aliphatic rings. The van der Waals surface area contributed by atoms with Crippen LogP contribution in [0.1, 0.15) is 109 Å². The molecular weight excluding hydrogens is 400 g/mol. The van der Waals surface area contributed by atoms with E-state index in [-0.39, 0.29) is 17.1 Å². The molecule has 0 saturated carbocycles. The topological polar surface area (TPSA) is 31.2 Å². The van der Waals surface area contributed by atoms with Gasteiger partial charge in [-0.15, -0.1) is 0 Å². The summed E-state index contributed by atoms with van der Waals surface area (Å²) in [5, 5.41) is 0. The predicted octanol–water partition coefficient (Wildman–Crippen LogP) is 6.40. The Morgan fingerprint density at radius 3 is 1.03 bits per heavy atom. The molecule has 0 saturated heterocycles. The van der Waals surface area contributed by atoms with E-state index in [2.05, 4.69) is 116 Å². The summed E-state index contributed by atoms with van der Waals surface area (Å²) in [5.74, 6) is 0. The maximum atomic E-state index is 4.33. The van der Waals surface area contributed by atoms with E-state index in [0.29, 0.717) is 36.3 Å². The molecule has 2 atom stereocenters. The summed E-state index contributed by atoms with van der Waals surface area (Å²) in [6.45, 7) is 26.0. The van der Waals surface area contributed by atoms with Gasteiger partial charge in [0.1, 0.15) is 0 Å². The van der Waals surface area contributed by atoms with E-state index in [1.54, 1.807) is 0 Å². The van der Waals surface area contributed by atoms with Gasteiger partial charge in [0.15, 0.2) is 0 Å². The molecule has 2 unspecified atom stereocenters. The minimum absolute atomic E-state index is 0. The van der Waals surface area contributed by atoms with Crippen LogP contribution in [0.5, 0.6) is 0 Å². The molecular formula is C24H50FeN4. The average molecular weight is 451 g/mol. The first kappa shape index (κ1) is 33.1. The third kappa shape index (κ3) is 18.0. The van der Waals surface area contributed by atoms with Gasteiger partial charge >= 0.3 is 17.1 Å². The second-order valence-corrected chi connectivity index (χ2v) is 8.92. The van der Waals surface area contributed by atoms with Crippen molar-refractivity contribution in [2.75, 3.05) is 0 Å². The summed E-state index contributed by atoms with van der Waals surface area (Å²) in [4.78, 5) is 13.1. The molecule has 29 heavy (non-hydrogen) atoms. The van der Waals surface area contributed by atoms with E-state index in [9.17, 15) is 0 Å². The second kappa shape index (κ2) is 19.4. The number of hydrogen-bond donors (Lipinski definition) is 0. The fraction of sp³-hybridized carbons (Fsp3) is 0.917. The Labute approximate surface area is 194 Å². The first-order valence-corrected chi connectivity index (χ1v) is 11.4. The van der Waals surface area contributed by atoms with Crippen molar-refractivity contribution in [1.82, 2.24) is 9.80 Å². The van der Waals surface area contributed by atoms with Crippen LogP contribution in [0, 0.1) is 0 Å². The van der Waals surface area contributed by atoms with E-state index in [4.69, 9.17) is 0 Å². The van der Waals surface area contributed by atoms with Gasteiger partial charge in [-0.2, -0.15) is 0 Å². The molecule has 0 aromatic carbocycles. The molecule has 0 fully saturated rings. The van der Waals surface area contributed by atoms with Gasteiger partial charge in [0, 0.05) is 12.1 Å². The Kier molecular flexibility index (Phi) is 22.2. The van der Waals surface area contributed by atoms with Crippen molar-refractivity contribution in [1.29, 1.82) is 0 Å². The van der Waals surface area contributed by atoms with Crippen LogP contribution in [0.4, 0.5) is 0 Å². The molecule has 0 bridgehead atoms. The summed E-state index contributed by atoms with van der Waals surface area (Å²) in [7, 11) is 0. The van der Waals surface area contributed by atoms with Crippen LogP contribution in [-0.2, 0) is 17.1 Å². The van der Waals surface area contributed by atoms with E-state index >= 15 is 0 Å². The van der Waals surface area contributed by atoms with Crippen molar-refractivity contribution in [3.05, 3.63) is 0 Å². The van der Waals surface area contributed by atoms with Crippen LogP contribution in [0.3, 0.4) is 0 Å². The van der Waals surface area contributed by atoms with Crippen LogP contribution < -0.4 is 0 Å². The molecule has 0 aliphatic carbocycles. The summed E-state index contributed by atoms with van der Waals surface area (Å²) >= 11 is 0. The van der Waals surface area contributed by atoms with Crippen molar-refractivity contribution in [3.8, 4) is 0 Å². The van der Waals surface area contributed by atoms with Gasteiger partial charge in [-0.25, -0.2) is 0 Å². The largest absolute Gasteiger partial charge is 2.00 e. The number of aliphatic imine (C=N–C) groups is 2. The van der Waals surface area contributed by atoms with Gasteiger partial charge in [-0.3, -0.25) is 12.7 Å². The summed E-state index contributed by atoms with van der Waals surface area (Å²) < 4.78 is 0. The Hall–Kier alpha value is -0.541. The Balaban J connectivity index is -0.000000451. The normalized spacial score (nSPS) is 13.8. The molecule has 0 N–H and O–H groups in total. The monoisotopic (exact) mass is 450 g/mol. The molecule has 0 aromatic rings. The third-order valence-electron chi connectivity index (χ3n) is 4.34. The molecule has 0 radical (unpaired) electrons. The second-order valence-electron chi connectivity index (χ2n) is 8.92. The quantitative estimate of drug-likeness (QED) is 0.113. The van der Waals surface area contributed by atoms with Crippen LogP contribution in [0.15, 0.2) is 9.98 Å². The van der Waals surface area contributed by atoms with Crippen molar-refractivity contribution in [2.45, 2.75) is 145 Å². The minimum Gasteiger partial charge on any atom is -0.533 e. The van der Waals surface area contributed by atoms with Crippen LogP contribution in [-0.4, -0.2) is 58.7 Å².